The third kappa shape index (κ3) is 7.00. The molecule has 1 amide bonds. The van der Waals surface area contributed by atoms with Gasteiger partial charge in [0.15, 0.2) is 0 Å². The van der Waals surface area contributed by atoms with Crippen molar-refractivity contribution in [3.63, 3.8) is 0 Å². The first-order chi connectivity index (χ1) is 12.4. The van der Waals surface area contributed by atoms with Crippen molar-refractivity contribution in [2.75, 3.05) is 6.61 Å². The molecule has 26 heavy (non-hydrogen) atoms. The fraction of sp³-hybridized carbons (Fsp3) is 0.389. The zero-order chi connectivity index (χ0) is 19.5. The van der Waals surface area contributed by atoms with Crippen LogP contribution in [0, 0.1) is 11.3 Å². The standard InChI is InChI=1S/C18H24BN2O5/c1-4-9-25-14-7-5-13(6-8-14)10-15(19-26-11-20)17(22)21-16(12(2)3)18(23)24/h4-8,11-12,15-16,20H,1,9-10H2,2-3H3,(H,21,22)(H,23,24)/t15-,16-/m0/s1. The molecule has 8 heteroatoms. The van der Waals surface area contributed by atoms with Crippen LogP contribution in [0.4, 0.5) is 0 Å². The molecule has 0 unspecified atom stereocenters. The van der Waals surface area contributed by atoms with Crippen molar-refractivity contribution in [3.05, 3.63) is 42.5 Å². The highest BCUT2D eigenvalue weighted by molar-refractivity contribution is 6.39. The Kier molecular flexibility index (Phi) is 8.98. The van der Waals surface area contributed by atoms with Crippen LogP contribution < -0.4 is 10.1 Å². The molecule has 0 spiro atoms. The van der Waals surface area contributed by atoms with E-state index in [1.54, 1.807) is 32.1 Å². The maximum Gasteiger partial charge on any atom is 0.384 e. The summed E-state index contributed by atoms with van der Waals surface area (Å²) in [5.41, 5.74) is 0.845. The number of carbonyl (C=O) groups excluding carboxylic acids is 1. The zero-order valence-electron chi connectivity index (χ0n) is 15.0. The monoisotopic (exact) mass is 359 g/mol. The summed E-state index contributed by atoms with van der Waals surface area (Å²) in [6, 6.07) is 6.19. The fourth-order valence-electron chi connectivity index (χ4n) is 2.24. The topological polar surface area (TPSA) is 109 Å². The van der Waals surface area contributed by atoms with Gasteiger partial charge in [-0.2, -0.15) is 0 Å². The van der Waals surface area contributed by atoms with Crippen LogP contribution in [0.15, 0.2) is 36.9 Å². The Labute approximate surface area is 154 Å². The second-order valence-electron chi connectivity index (χ2n) is 6.01. The fourth-order valence-corrected chi connectivity index (χ4v) is 2.24. The first kappa shape index (κ1) is 21.3. The highest BCUT2D eigenvalue weighted by atomic mass is 16.5. The zero-order valence-corrected chi connectivity index (χ0v) is 15.0. The van der Waals surface area contributed by atoms with Gasteiger partial charge in [0.25, 0.3) is 0 Å². The van der Waals surface area contributed by atoms with Gasteiger partial charge in [0.1, 0.15) is 24.8 Å². The first-order valence-electron chi connectivity index (χ1n) is 8.22. The largest absolute Gasteiger partial charge is 0.555 e. The highest BCUT2D eigenvalue weighted by Gasteiger charge is 2.29. The van der Waals surface area contributed by atoms with E-state index in [0.717, 1.165) is 5.56 Å². The molecule has 0 aromatic heterocycles. The number of nitrogens with one attached hydrogen (secondary N) is 2. The average molecular weight is 359 g/mol. The summed E-state index contributed by atoms with van der Waals surface area (Å²) < 4.78 is 10.2. The molecule has 3 N–H and O–H groups in total. The van der Waals surface area contributed by atoms with E-state index in [1.807, 2.05) is 12.1 Å². The smallest absolute Gasteiger partial charge is 0.384 e. The number of rotatable bonds is 12. The molecule has 2 atom stereocenters. The summed E-state index contributed by atoms with van der Waals surface area (Å²) >= 11 is 0. The summed E-state index contributed by atoms with van der Waals surface area (Å²) in [5, 5.41) is 18.7. The maximum atomic E-state index is 12.5. The molecular formula is C18H24BN2O5. The van der Waals surface area contributed by atoms with Gasteiger partial charge in [0, 0.05) is 0 Å². The number of carbonyl (C=O) groups is 2. The molecule has 0 aliphatic carbocycles. The molecule has 0 fully saturated rings. The summed E-state index contributed by atoms with van der Waals surface area (Å²) in [5.74, 6) is -1.89. The van der Waals surface area contributed by atoms with Gasteiger partial charge in [-0.1, -0.05) is 38.6 Å². The summed E-state index contributed by atoms with van der Waals surface area (Å²) in [4.78, 5) is 23.8. The molecule has 1 radical (unpaired) electrons. The van der Waals surface area contributed by atoms with Crippen LogP contribution >= 0.6 is 0 Å². The molecule has 1 rings (SSSR count). The van der Waals surface area contributed by atoms with Crippen molar-refractivity contribution in [2.24, 2.45) is 5.92 Å². The van der Waals surface area contributed by atoms with Crippen molar-refractivity contribution in [3.8, 4) is 5.75 Å². The number of carboxylic acids is 1. The average Bonchev–Trinajstić information content (AvgIpc) is 2.61. The minimum Gasteiger partial charge on any atom is -0.555 e. The summed E-state index contributed by atoms with van der Waals surface area (Å²) in [6.07, 6.45) is 2.65. The van der Waals surface area contributed by atoms with Crippen molar-refractivity contribution in [2.45, 2.75) is 32.1 Å². The number of ether oxygens (including phenoxy) is 1. The van der Waals surface area contributed by atoms with Gasteiger partial charge in [-0.05, 0) is 30.0 Å². The molecule has 0 aliphatic heterocycles. The lowest BCUT2D eigenvalue weighted by Gasteiger charge is -2.21. The van der Waals surface area contributed by atoms with Crippen LogP contribution in [-0.2, 0) is 20.7 Å². The Morgan fingerprint density at radius 2 is 2.00 bits per heavy atom. The van der Waals surface area contributed by atoms with Gasteiger partial charge in [0.05, 0.1) is 5.82 Å². The molecule has 0 saturated carbocycles. The number of benzene rings is 1. The predicted octanol–water partition coefficient (Wildman–Crippen LogP) is 2.05. The lowest BCUT2D eigenvalue weighted by molar-refractivity contribution is -0.143. The third-order valence-electron chi connectivity index (χ3n) is 3.62. The Morgan fingerprint density at radius 3 is 2.50 bits per heavy atom. The Morgan fingerprint density at radius 1 is 1.35 bits per heavy atom. The SMILES string of the molecule is C=CCOc1ccc(C[C@H]([B]OC=N)C(=O)N[C@H](C(=O)O)C(C)C)cc1. The number of hydrogen-bond donors (Lipinski definition) is 3. The first-order valence-corrected chi connectivity index (χ1v) is 8.22. The van der Waals surface area contributed by atoms with Gasteiger partial charge in [-0.3, -0.25) is 10.2 Å². The predicted molar refractivity (Wildman–Crippen MR) is 99.6 cm³/mol. The molecule has 0 heterocycles. The highest BCUT2D eigenvalue weighted by Crippen LogP contribution is 2.18. The number of aliphatic carboxylic acids is 1. The third-order valence-corrected chi connectivity index (χ3v) is 3.62. The van der Waals surface area contributed by atoms with Gasteiger partial charge in [-0.25, -0.2) is 4.79 Å². The Hall–Kier alpha value is -2.77. The molecule has 0 bridgehead atoms. The van der Waals surface area contributed by atoms with Gasteiger partial charge < -0.3 is 19.8 Å². The second kappa shape index (κ2) is 11.0. The van der Waals surface area contributed by atoms with E-state index in [9.17, 15) is 14.7 Å². The molecule has 0 saturated heterocycles. The van der Waals surface area contributed by atoms with E-state index in [4.69, 9.17) is 14.8 Å². The molecule has 1 aromatic rings. The van der Waals surface area contributed by atoms with E-state index in [1.165, 1.54) is 7.48 Å². The minimum atomic E-state index is -1.09. The van der Waals surface area contributed by atoms with Gasteiger partial charge >= 0.3 is 13.5 Å². The van der Waals surface area contributed by atoms with E-state index in [2.05, 4.69) is 11.9 Å². The number of carboxylic acid groups (broad SMARTS) is 1. The van der Waals surface area contributed by atoms with Crippen LogP contribution in [0.3, 0.4) is 0 Å². The molecule has 7 nitrogen and oxygen atoms in total. The van der Waals surface area contributed by atoms with Crippen LogP contribution in [0.5, 0.6) is 5.75 Å². The molecule has 0 aliphatic rings. The summed E-state index contributed by atoms with van der Waals surface area (Å²) in [6.45, 7) is 7.41. The van der Waals surface area contributed by atoms with Crippen LogP contribution in [-0.4, -0.2) is 43.5 Å². The number of amides is 1. The molecule has 139 valence electrons. The van der Waals surface area contributed by atoms with E-state index in [-0.39, 0.29) is 5.92 Å². The second-order valence-corrected chi connectivity index (χ2v) is 6.01. The number of hydrogen-bond acceptors (Lipinski definition) is 5. The van der Waals surface area contributed by atoms with Crippen LogP contribution in [0.1, 0.15) is 19.4 Å². The van der Waals surface area contributed by atoms with Crippen LogP contribution in [0.25, 0.3) is 0 Å². The summed E-state index contributed by atoms with van der Waals surface area (Å²) in [7, 11) is 1.23. The molecule has 1 aromatic carbocycles. The Bertz CT molecular complexity index is 619. The maximum absolute atomic E-state index is 12.5. The van der Waals surface area contributed by atoms with E-state index >= 15 is 0 Å². The van der Waals surface area contributed by atoms with Crippen molar-refractivity contribution < 1.29 is 24.1 Å². The Balaban J connectivity index is 2.81. The normalized spacial score (nSPS) is 12.6. The van der Waals surface area contributed by atoms with E-state index < -0.39 is 23.7 Å². The quantitative estimate of drug-likeness (QED) is 0.229. The lowest BCUT2D eigenvalue weighted by Crippen LogP contribution is -2.46. The molecular weight excluding hydrogens is 335 g/mol. The van der Waals surface area contributed by atoms with Crippen LogP contribution in [0.2, 0.25) is 5.82 Å². The minimum absolute atomic E-state index is 0.262. The van der Waals surface area contributed by atoms with E-state index in [0.29, 0.717) is 25.2 Å². The van der Waals surface area contributed by atoms with Crippen molar-refractivity contribution in [1.29, 1.82) is 5.41 Å². The van der Waals surface area contributed by atoms with Crippen molar-refractivity contribution in [1.82, 2.24) is 5.32 Å². The van der Waals surface area contributed by atoms with Gasteiger partial charge in [0.2, 0.25) is 5.91 Å². The van der Waals surface area contributed by atoms with Crippen molar-refractivity contribution >= 4 is 25.8 Å². The lowest BCUT2D eigenvalue weighted by atomic mass is 9.75. The van der Waals surface area contributed by atoms with Gasteiger partial charge in [-0.15, -0.1) is 0 Å².